The monoisotopic (exact) mass is 475 g/mol. The van der Waals surface area contributed by atoms with Gasteiger partial charge in [0.15, 0.2) is 0 Å². The van der Waals surface area contributed by atoms with Crippen molar-refractivity contribution in [1.82, 2.24) is 9.80 Å². The number of benzene rings is 2. The molecule has 3 aliphatic rings. The van der Waals surface area contributed by atoms with Crippen LogP contribution in [0.2, 0.25) is 0 Å². The largest absolute Gasteiger partial charge is 0.416 e. The lowest BCUT2D eigenvalue weighted by molar-refractivity contribution is -0.137. The first-order valence-electron chi connectivity index (χ1n) is 12.0. The molecule has 0 N–H and O–H groups in total. The van der Waals surface area contributed by atoms with Crippen LogP contribution in [0.4, 0.5) is 23.2 Å². The van der Waals surface area contributed by atoms with Gasteiger partial charge in [0.25, 0.3) is 0 Å². The zero-order valence-corrected chi connectivity index (χ0v) is 19.0. The maximum atomic E-state index is 13.6. The molecule has 2 saturated heterocycles. The third kappa shape index (κ3) is 4.65. The lowest BCUT2D eigenvalue weighted by Crippen LogP contribution is -2.61. The normalized spacial score (nSPS) is 23.4. The number of hydrogen-bond acceptors (Lipinski definition) is 3. The molecule has 3 heterocycles. The Labute approximate surface area is 197 Å². The van der Waals surface area contributed by atoms with Gasteiger partial charge in [0.2, 0.25) is 5.91 Å². The fraction of sp³-hybridized carbons (Fsp3) is 0.500. The maximum absolute atomic E-state index is 13.6. The van der Waals surface area contributed by atoms with E-state index < -0.39 is 11.7 Å². The van der Waals surface area contributed by atoms with Crippen LogP contribution in [0.25, 0.3) is 0 Å². The minimum atomic E-state index is -4.41. The SMILES string of the molecule is O=C(C1Cc2cc(C(F)(F)F)ccc2N2CCN(Cc3ccc(F)cc3)CC12)N1CCCCC1. The van der Waals surface area contributed by atoms with E-state index in [2.05, 4.69) is 9.80 Å². The minimum Gasteiger partial charge on any atom is -0.365 e. The zero-order valence-electron chi connectivity index (χ0n) is 19.0. The summed E-state index contributed by atoms with van der Waals surface area (Å²) in [5.41, 5.74) is 1.75. The number of anilines is 1. The first-order chi connectivity index (χ1) is 16.3. The van der Waals surface area contributed by atoms with Crippen molar-refractivity contribution in [2.45, 2.75) is 44.4 Å². The van der Waals surface area contributed by atoms with Crippen molar-refractivity contribution in [2.24, 2.45) is 5.92 Å². The molecule has 0 aromatic heterocycles. The summed E-state index contributed by atoms with van der Waals surface area (Å²) in [6, 6.07) is 10.3. The highest BCUT2D eigenvalue weighted by Gasteiger charge is 2.44. The van der Waals surface area contributed by atoms with Crippen LogP contribution in [0.1, 0.15) is 36.0 Å². The lowest BCUT2D eigenvalue weighted by atomic mass is 9.82. The Bertz CT molecular complexity index is 1030. The molecule has 8 heteroatoms. The van der Waals surface area contributed by atoms with Crippen molar-refractivity contribution in [3.05, 3.63) is 65.0 Å². The third-order valence-electron chi connectivity index (χ3n) is 7.43. The molecule has 2 aromatic carbocycles. The summed E-state index contributed by atoms with van der Waals surface area (Å²) >= 11 is 0. The molecule has 34 heavy (non-hydrogen) atoms. The fourth-order valence-electron chi connectivity index (χ4n) is 5.68. The van der Waals surface area contributed by atoms with Crippen molar-refractivity contribution in [1.29, 1.82) is 0 Å². The Morgan fingerprint density at radius 3 is 2.38 bits per heavy atom. The first-order valence-corrected chi connectivity index (χ1v) is 12.0. The average molecular weight is 476 g/mol. The number of hydrogen-bond donors (Lipinski definition) is 0. The summed E-state index contributed by atoms with van der Waals surface area (Å²) < 4.78 is 53.5. The van der Waals surface area contributed by atoms with Gasteiger partial charge in [-0.2, -0.15) is 13.2 Å². The molecule has 4 nitrogen and oxygen atoms in total. The van der Waals surface area contributed by atoms with Gasteiger partial charge in [-0.15, -0.1) is 0 Å². The van der Waals surface area contributed by atoms with E-state index in [4.69, 9.17) is 0 Å². The van der Waals surface area contributed by atoms with E-state index in [1.165, 1.54) is 18.2 Å². The standard InChI is InChI=1S/C26H29F4N3O/c27-21-7-4-18(5-8-21)16-31-12-13-33-23-9-6-20(26(28,29)30)14-19(23)15-22(24(33)17-31)25(34)32-10-2-1-3-11-32/h4-9,14,22,24H,1-3,10-13,15-17H2. The van der Waals surface area contributed by atoms with Gasteiger partial charge in [0.1, 0.15) is 5.82 Å². The van der Waals surface area contributed by atoms with E-state index >= 15 is 0 Å². The molecule has 0 bridgehead atoms. The number of nitrogens with zero attached hydrogens (tertiary/aromatic N) is 3. The molecule has 2 fully saturated rings. The third-order valence-corrected chi connectivity index (χ3v) is 7.43. The molecule has 0 saturated carbocycles. The van der Waals surface area contributed by atoms with Gasteiger partial charge in [-0.25, -0.2) is 4.39 Å². The highest BCUT2D eigenvalue weighted by atomic mass is 19.4. The van der Waals surface area contributed by atoms with Crippen LogP contribution in [0.5, 0.6) is 0 Å². The van der Waals surface area contributed by atoms with Crippen molar-refractivity contribution >= 4 is 11.6 Å². The molecule has 3 aliphatic heterocycles. The lowest BCUT2D eigenvalue weighted by Gasteiger charge is -2.50. The van der Waals surface area contributed by atoms with Crippen molar-refractivity contribution in [3.8, 4) is 0 Å². The highest BCUT2D eigenvalue weighted by molar-refractivity contribution is 5.82. The van der Waals surface area contributed by atoms with Crippen LogP contribution in [-0.4, -0.2) is 54.5 Å². The van der Waals surface area contributed by atoms with Gasteiger partial charge in [0.05, 0.1) is 17.5 Å². The van der Waals surface area contributed by atoms with E-state index in [9.17, 15) is 22.4 Å². The predicted octanol–water partition coefficient (Wildman–Crippen LogP) is 4.72. The summed E-state index contributed by atoms with van der Waals surface area (Å²) in [4.78, 5) is 19.9. The van der Waals surface area contributed by atoms with Crippen molar-refractivity contribution in [3.63, 3.8) is 0 Å². The fourth-order valence-corrected chi connectivity index (χ4v) is 5.68. The molecule has 182 valence electrons. The number of fused-ring (bicyclic) bond motifs is 3. The second kappa shape index (κ2) is 9.21. The maximum Gasteiger partial charge on any atom is 0.416 e. The van der Waals surface area contributed by atoms with Gasteiger partial charge in [-0.3, -0.25) is 9.69 Å². The number of piperidine rings is 1. The molecular formula is C26H29F4N3O. The smallest absolute Gasteiger partial charge is 0.365 e. The van der Waals surface area contributed by atoms with Gasteiger partial charge < -0.3 is 9.80 Å². The Morgan fingerprint density at radius 2 is 1.68 bits per heavy atom. The number of rotatable bonds is 3. The quantitative estimate of drug-likeness (QED) is 0.601. The minimum absolute atomic E-state index is 0.0568. The number of carbonyl (C=O) groups is 1. The molecule has 2 unspecified atom stereocenters. The Kier molecular flexibility index (Phi) is 6.27. The number of likely N-dealkylation sites (tertiary alicyclic amines) is 1. The van der Waals surface area contributed by atoms with E-state index in [0.717, 1.165) is 56.2 Å². The molecular weight excluding hydrogens is 446 g/mol. The van der Waals surface area contributed by atoms with Crippen LogP contribution in [-0.2, 0) is 23.9 Å². The summed E-state index contributed by atoms with van der Waals surface area (Å²) in [6.07, 6.45) is -1.05. The average Bonchev–Trinajstić information content (AvgIpc) is 2.84. The Morgan fingerprint density at radius 1 is 0.941 bits per heavy atom. The summed E-state index contributed by atoms with van der Waals surface area (Å²) in [5.74, 6) is -0.602. The Balaban J connectivity index is 1.43. The van der Waals surface area contributed by atoms with E-state index in [0.29, 0.717) is 31.6 Å². The summed E-state index contributed by atoms with van der Waals surface area (Å²) in [5, 5.41) is 0. The molecule has 5 rings (SSSR count). The number of halogens is 4. The molecule has 2 atom stereocenters. The van der Waals surface area contributed by atoms with Crippen molar-refractivity contribution < 1.29 is 22.4 Å². The molecule has 2 aromatic rings. The van der Waals surface area contributed by atoms with E-state index in [1.807, 2.05) is 4.90 Å². The second-order valence-corrected chi connectivity index (χ2v) is 9.66. The molecule has 0 spiro atoms. The topological polar surface area (TPSA) is 26.8 Å². The van der Waals surface area contributed by atoms with E-state index in [-0.39, 0.29) is 23.7 Å². The second-order valence-electron chi connectivity index (χ2n) is 9.66. The van der Waals surface area contributed by atoms with Crippen LogP contribution in [0.15, 0.2) is 42.5 Å². The number of alkyl halides is 3. The summed E-state index contributed by atoms with van der Waals surface area (Å²) in [6.45, 7) is 4.08. The number of amides is 1. The van der Waals surface area contributed by atoms with Crippen LogP contribution in [0.3, 0.4) is 0 Å². The van der Waals surface area contributed by atoms with Crippen LogP contribution >= 0.6 is 0 Å². The molecule has 0 radical (unpaired) electrons. The van der Waals surface area contributed by atoms with Gasteiger partial charge in [-0.1, -0.05) is 12.1 Å². The van der Waals surface area contributed by atoms with Gasteiger partial charge >= 0.3 is 6.18 Å². The predicted molar refractivity (Wildman–Crippen MR) is 122 cm³/mol. The Hall–Kier alpha value is -2.61. The van der Waals surface area contributed by atoms with Crippen LogP contribution in [0, 0.1) is 11.7 Å². The number of carbonyl (C=O) groups excluding carboxylic acids is 1. The van der Waals surface area contributed by atoms with Gasteiger partial charge in [0, 0.05) is 45.0 Å². The van der Waals surface area contributed by atoms with Crippen molar-refractivity contribution in [2.75, 3.05) is 37.6 Å². The van der Waals surface area contributed by atoms with Crippen LogP contribution < -0.4 is 4.90 Å². The first kappa shape index (κ1) is 23.1. The summed E-state index contributed by atoms with van der Waals surface area (Å²) in [7, 11) is 0. The highest BCUT2D eigenvalue weighted by Crippen LogP contribution is 2.40. The van der Waals surface area contributed by atoms with E-state index in [1.54, 1.807) is 18.2 Å². The zero-order chi connectivity index (χ0) is 23.9. The van der Waals surface area contributed by atoms with Gasteiger partial charge in [-0.05, 0) is 67.1 Å². The molecule has 0 aliphatic carbocycles. The molecule has 1 amide bonds. The number of piperazine rings is 1.